The number of nitriles is 1. The first-order valence-corrected chi connectivity index (χ1v) is 7.90. The number of aromatic nitrogens is 1. The molecule has 0 aliphatic rings. The Balaban J connectivity index is 1.71. The van der Waals surface area contributed by atoms with Crippen molar-refractivity contribution in [3.63, 3.8) is 0 Å². The highest BCUT2D eigenvalue weighted by Crippen LogP contribution is 2.20. The van der Waals surface area contributed by atoms with E-state index in [1.54, 1.807) is 48.7 Å². The number of carbonyl (C=O) groups excluding carboxylic acids is 1. The fraction of sp³-hybridized carbons (Fsp3) is 0.0500. The SMILES string of the molecule is N#Cc1ccccc1Nc1cncc(C(=O)NCc2ccccc2F)c1. The predicted octanol–water partition coefficient (Wildman–Crippen LogP) is 3.77. The van der Waals surface area contributed by atoms with Crippen LogP contribution in [0.25, 0.3) is 0 Å². The fourth-order valence-electron chi connectivity index (χ4n) is 2.40. The van der Waals surface area contributed by atoms with Crippen LogP contribution in [0.2, 0.25) is 0 Å². The number of para-hydroxylation sites is 1. The van der Waals surface area contributed by atoms with Gasteiger partial charge in [-0.05, 0) is 24.3 Å². The minimum atomic E-state index is -0.366. The van der Waals surface area contributed by atoms with E-state index in [-0.39, 0.29) is 18.3 Å². The topological polar surface area (TPSA) is 77.8 Å². The van der Waals surface area contributed by atoms with Gasteiger partial charge < -0.3 is 10.6 Å². The molecule has 2 N–H and O–H groups in total. The molecule has 1 heterocycles. The summed E-state index contributed by atoms with van der Waals surface area (Å²) in [5, 5.41) is 14.9. The van der Waals surface area contributed by atoms with Gasteiger partial charge in [-0.25, -0.2) is 4.39 Å². The number of amides is 1. The van der Waals surface area contributed by atoms with E-state index in [9.17, 15) is 9.18 Å². The molecule has 0 saturated carbocycles. The number of anilines is 2. The van der Waals surface area contributed by atoms with Crippen molar-refractivity contribution in [2.75, 3.05) is 5.32 Å². The minimum absolute atomic E-state index is 0.0838. The molecule has 0 bridgehead atoms. The fourth-order valence-corrected chi connectivity index (χ4v) is 2.40. The van der Waals surface area contributed by atoms with Crippen molar-refractivity contribution < 1.29 is 9.18 Å². The van der Waals surface area contributed by atoms with Gasteiger partial charge in [0, 0.05) is 18.3 Å². The van der Waals surface area contributed by atoms with Crippen molar-refractivity contribution >= 4 is 17.3 Å². The average molecular weight is 346 g/mol. The van der Waals surface area contributed by atoms with Gasteiger partial charge in [-0.15, -0.1) is 0 Å². The van der Waals surface area contributed by atoms with Crippen LogP contribution in [0, 0.1) is 17.1 Å². The van der Waals surface area contributed by atoms with E-state index in [1.807, 2.05) is 6.07 Å². The molecule has 0 aliphatic carbocycles. The molecule has 0 unspecified atom stereocenters. The summed E-state index contributed by atoms with van der Waals surface area (Å²) in [5.74, 6) is -0.729. The molecular formula is C20H15FN4O. The molecule has 0 aliphatic heterocycles. The van der Waals surface area contributed by atoms with Crippen LogP contribution in [-0.4, -0.2) is 10.9 Å². The van der Waals surface area contributed by atoms with Crippen LogP contribution in [-0.2, 0) is 6.54 Å². The number of halogens is 1. The molecule has 0 radical (unpaired) electrons. The summed E-state index contributed by atoms with van der Waals surface area (Å²) in [6.07, 6.45) is 2.99. The molecule has 6 heteroatoms. The molecule has 1 amide bonds. The zero-order valence-corrected chi connectivity index (χ0v) is 13.7. The average Bonchev–Trinajstić information content (AvgIpc) is 2.68. The number of hydrogen-bond donors (Lipinski definition) is 2. The van der Waals surface area contributed by atoms with Gasteiger partial charge in [0.25, 0.3) is 5.91 Å². The van der Waals surface area contributed by atoms with Crippen molar-refractivity contribution in [3.8, 4) is 6.07 Å². The van der Waals surface area contributed by atoms with Gasteiger partial charge in [0.15, 0.2) is 0 Å². The van der Waals surface area contributed by atoms with Crippen LogP contribution in [0.3, 0.4) is 0 Å². The molecule has 0 saturated heterocycles. The number of pyridine rings is 1. The molecular weight excluding hydrogens is 331 g/mol. The molecule has 128 valence electrons. The van der Waals surface area contributed by atoms with Crippen LogP contribution < -0.4 is 10.6 Å². The Morgan fingerprint density at radius 3 is 2.69 bits per heavy atom. The van der Waals surface area contributed by atoms with Crippen molar-refractivity contribution in [1.82, 2.24) is 10.3 Å². The molecule has 0 atom stereocenters. The summed E-state index contributed by atoms with van der Waals surface area (Å²) in [6, 6.07) is 17.0. The van der Waals surface area contributed by atoms with Crippen LogP contribution in [0.5, 0.6) is 0 Å². The first-order chi connectivity index (χ1) is 12.7. The molecule has 1 aromatic heterocycles. The van der Waals surface area contributed by atoms with Crippen LogP contribution in [0.15, 0.2) is 67.0 Å². The summed E-state index contributed by atoms with van der Waals surface area (Å²) in [4.78, 5) is 16.4. The van der Waals surface area contributed by atoms with Crippen LogP contribution >= 0.6 is 0 Å². The smallest absolute Gasteiger partial charge is 0.253 e. The quantitative estimate of drug-likeness (QED) is 0.737. The zero-order chi connectivity index (χ0) is 18.4. The van der Waals surface area contributed by atoms with Crippen LogP contribution in [0.1, 0.15) is 21.5 Å². The third kappa shape index (κ3) is 4.02. The van der Waals surface area contributed by atoms with Crippen molar-refractivity contribution in [1.29, 1.82) is 5.26 Å². The van der Waals surface area contributed by atoms with Crippen molar-refractivity contribution in [2.24, 2.45) is 0 Å². The van der Waals surface area contributed by atoms with Gasteiger partial charge in [0.2, 0.25) is 0 Å². The molecule has 0 spiro atoms. The number of nitrogens with zero attached hydrogens (tertiary/aromatic N) is 2. The lowest BCUT2D eigenvalue weighted by Crippen LogP contribution is -2.23. The molecule has 3 rings (SSSR count). The van der Waals surface area contributed by atoms with E-state index in [0.29, 0.717) is 28.1 Å². The summed E-state index contributed by atoms with van der Waals surface area (Å²) in [7, 11) is 0. The minimum Gasteiger partial charge on any atom is -0.353 e. The summed E-state index contributed by atoms with van der Waals surface area (Å²) in [5.41, 5.74) is 2.43. The van der Waals surface area contributed by atoms with E-state index in [2.05, 4.69) is 21.7 Å². The third-order valence-electron chi connectivity index (χ3n) is 3.72. The normalized spacial score (nSPS) is 10.0. The second-order valence-electron chi connectivity index (χ2n) is 5.52. The Hall–Kier alpha value is -3.72. The van der Waals surface area contributed by atoms with E-state index in [0.717, 1.165) is 0 Å². The number of benzene rings is 2. The molecule has 0 fully saturated rings. The Morgan fingerprint density at radius 2 is 1.88 bits per heavy atom. The second-order valence-corrected chi connectivity index (χ2v) is 5.52. The lowest BCUT2D eigenvalue weighted by atomic mass is 10.1. The lowest BCUT2D eigenvalue weighted by molar-refractivity contribution is 0.0950. The zero-order valence-electron chi connectivity index (χ0n) is 13.7. The summed E-state index contributed by atoms with van der Waals surface area (Å²) in [6.45, 7) is 0.0838. The van der Waals surface area contributed by atoms with Gasteiger partial charge in [0.1, 0.15) is 11.9 Å². The number of carbonyl (C=O) groups is 1. The van der Waals surface area contributed by atoms with Gasteiger partial charge in [-0.2, -0.15) is 5.26 Å². The third-order valence-corrected chi connectivity index (χ3v) is 3.72. The first-order valence-electron chi connectivity index (χ1n) is 7.90. The molecule has 2 aromatic carbocycles. The standard InChI is InChI=1S/C20H15FN4O/c21-18-7-3-1-6-15(18)12-24-20(26)16-9-17(13-23-11-16)25-19-8-4-2-5-14(19)10-22/h1-9,11,13,25H,12H2,(H,24,26). The maximum atomic E-state index is 13.6. The summed E-state index contributed by atoms with van der Waals surface area (Å²) < 4.78 is 13.6. The Morgan fingerprint density at radius 1 is 1.12 bits per heavy atom. The van der Waals surface area contributed by atoms with Crippen molar-refractivity contribution in [3.05, 3.63) is 89.5 Å². The van der Waals surface area contributed by atoms with E-state index in [1.165, 1.54) is 12.3 Å². The van der Waals surface area contributed by atoms with E-state index >= 15 is 0 Å². The van der Waals surface area contributed by atoms with E-state index in [4.69, 9.17) is 5.26 Å². The van der Waals surface area contributed by atoms with Crippen molar-refractivity contribution in [2.45, 2.75) is 6.54 Å². The Labute approximate surface area is 150 Å². The predicted molar refractivity (Wildman–Crippen MR) is 96.2 cm³/mol. The van der Waals surface area contributed by atoms with Gasteiger partial charge in [-0.1, -0.05) is 30.3 Å². The number of rotatable bonds is 5. The highest BCUT2D eigenvalue weighted by Gasteiger charge is 2.09. The Bertz CT molecular complexity index is 981. The highest BCUT2D eigenvalue weighted by atomic mass is 19.1. The highest BCUT2D eigenvalue weighted by molar-refractivity contribution is 5.94. The second kappa shape index (κ2) is 7.90. The van der Waals surface area contributed by atoms with Gasteiger partial charge >= 0.3 is 0 Å². The number of hydrogen-bond acceptors (Lipinski definition) is 4. The monoisotopic (exact) mass is 346 g/mol. The molecule has 26 heavy (non-hydrogen) atoms. The molecule has 5 nitrogen and oxygen atoms in total. The van der Waals surface area contributed by atoms with Gasteiger partial charge in [-0.3, -0.25) is 9.78 Å². The maximum Gasteiger partial charge on any atom is 0.253 e. The van der Waals surface area contributed by atoms with Gasteiger partial charge in [0.05, 0.1) is 28.7 Å². The maximum absolute atomic E-state index is 13.6. The van der Waals surface area contributed by atoms with Crippen LogP contribution in [0.4, 0.5) is 15.8 Å². The molecule has 3 aromatic rings. The van der Waals surface area contributed by atoms with E-state index < -0.39 is 0 Å². The number of nitrogens with one attached hydrogen (secondary N) is 2. The lowest BCUT2D eigenvalue weighted by Gasteiger charge is -2.10. The Kier molecular flexibility index (Phi) is 5.20. The first kappa shape index (κ1) is 17.1. The largest absolute Gasteiger partial charge is 0.353 e. The summed E-state index contributed by atoms with van der Waals surface area (Å²) >= 11 is 0.